The number of alkyl carbamates (subject to hydrolysis) is 1. The monoisotopic (exact) mass is 331 g/mol. The topological polar surface area (TPSA) is 84.9 Å². The zero-order chi connectivity index (χ0) is 18.0. The van der Waals surface area contributed by atoms with Crippen molar-refractivity contribution in [2.75, 3.05) is 6.61 Å². The number of hydrogen-bond donors (Lipinski definition) is 2. The van der Waals surface area contributed by atoms with Gasteiger partial charge >= 0.3 is 12.1 Å². The minimum atomic E-state index is -1.40. The Bertz CT molecular complexity index is 364. The van der Waals surface area contributed by atoms with E-state index in [2.05, 4.69) is 12.2 Å². The van der Waals surface area contributed by atoms with Crippen molar-refractivity contribution >= 4 is 12.1 Å². The molecule has 0 heterocycles. The minimum absolute atomic E-state index is 0.0260. The molecule has 0 aromatic rings. The highest BCUT2D eigenvalue weighted by molar-refractivity contribution is 5.77. The average molecular weight is 331 g/mol. The number of rotatable bonds is 9. The fourth-order valence-electron chi connectivity index (χ4n) is 2.38. The first-order valence-corrected chi connectivity index (χ1v) is 8.50. The summed E-state index contributed by atoms with van der Waals surface area (Å²) in [6, 6.07) is -0.722. The molecule has 1 amide bonds. The van der Waals surface area contributed by atoms with Gasteiger partial charge in [-0.2, -0.15) is 0 Å². The van der Waals surface area contributed by atoms with Gasteiger partial charge in [-0.25, -0.2) is 9.59 Å². The molecular formula is C17H33NO5. The van der Waals surface area contributed by atoms with Gasteiger partial charge < -0.3 is 19.9 Å². The molecule has 0 fully saturated rings. The van der Waals surface area contributed by atoms with E-state index in [1.54, 1.807) is 27.7 Å². The molecule has 0 saturated heterocycles. The van der Waals surface area contributed by atoms with Crippen molar-refractivity contribution in [3.8, 4) is 0 Å². The van der Waals surface area contributed by atoms with E-state index in [1.165, 1.54) is 0 Å². The van der Waals surface area contributed by atoms with E-state index in [4.69, 9.17) is 9.47 Å². The SMILES string of the molecule is CCCCC(CC)[C@@H](NC(=O)OC(C)(C)C)[C@H](O)C(=O)OCC. The van der Waals surface area contributed by atoms with Gasteiger partial charge in [0.15, 0.2) is 6.10 Å². The first-order chi connectivity index (χ1) is 10.7. The highest BCUT2D eigenvalue weighted by atomic mass is 16.6. The maximum absolute atomic E-state index is 12.1. The van der Waals surface area contributed by atoms with E-state index in [0.29, 0.717) is 0 Å². The first kappa shape index (κ1) is 21.7. The fourth-order valence-corrected chi connectivity index (χ4v) is 2.38. The van der Waals surface area contributed by atoms with E-state index < -0.39 is 29.8 Å². The molecule has 136 valence electrons. The van der Waals surface area contributed by atoms with Crippen LogP contribution in [0.4, 0.5) is 4.79 Å². The molecule has 2 N–H and O–H groups in total. The summed E-state index contributed by atoms with van der Waals surface area (Å²) >= 11 is 0. The fraction of sp³-hybridized carbons (Fsp3) is 0.882. The average Bonchev–Trinajstić information content (AvgIpc) is 2.44. The van der Waals surface area contributed by atoms with E-state index >= 15 is 0 Å². The number of aliphatic hydroxyl groups excluding tert-OH is 1. The zero-order valence-electron chi connectivity index (χ0n) is 15.3. The van der Waals surface area contributed by atoms with Crippen molar-refractivity contribution in [1.29, 1.82) is 0 Å². The standard InChI is InChI=1S/C17H33NO5/c1-7-10-11-12(8-2)13(14(19)15(20)22-9-3)18-16(21)23-17(4,5)6/h12-14,19H,7-11H2,1-6H3,(H,18,21)/t12?,13-,14+/m1/s1. The number of carbonyl (C=O) groups excluding carboxylic acids is 2. The second kappa shape index (κ2) is 10.5. The summed E-state index contributed by atoms with van der Waals surface area (Å²) in [5.41, 5.74) is -0.644. The van der Waals surface area contributed by atoms with Gasteiger partial charge in [-0.1, -0.05) is 33.1 Å². The Morgan fingerprint density at radius 1 is 1.17 bits per heavy atom. The Balaban J connectivity index is 5.11. The van der Waals surface area contributed by atoms with Crippen molar-refractivity contribution in [2.24, 2.45) is 5.92 Å². The molecule has 0 saturated carbocycles. The molecule has 0 aromatic heterocycles. The lowest BCUT2D eigenvalue weighted by molar-refractivity contribution is -0.155. The molecule has 23 heavy (non-hydrogen) atoms. The maximum atomic E-state index is 12.1. The maximum Gasteiger partial charge on any atom is 0.407 e. The van der Waals surface area contributed by atoms with Crippen LogP contribution in [-0.2, 0) is 14.3 Å². The molecule has 0 spiro atoms. The van der Waals surface area contributed by atoms with Crippen LogP contribution < -0.4 is 5.32 Å². The van der Waals surface area contributed by atoms with E-state index in [1.807, 2.05) is 6.92 Å². The number of carbonyl (C=O) groups is 2. The summed E-state index contributed by atoms with van der Waals surface area (Å²) in [7, 11) is 0. The summed E-state index contributed by atoms with van der Waals surface area (Å²) < 4.78 is 10.1. The summed E-state index contributed by atoms with van der Waals surface area (Å²) in [5, 5.41) is 13.0. The molecule has 1 unspecified atom stereocenters. The molecule has 0 rings (SSSR count). The number of aliphatic hydroxyl groups is 1. The number of hydrogen-bond acceptors (Lipinski definition) is 5. The number of nitrogens with one attached hydrogen (secondary N) is 1. The third kappa shape index (κ3) is 8.79. The summed E-state index contributed by atoms with van der Waals surface area (Å²) in [6.07, 6.45) is 1.47. The molecule has 0 aliphatic rings. The van der Waals surface area contributed by atoms with Gasteiger partial charge in [-0.05, 0) is 40.0 Å². The zero-order valence-corrected chi connectivity index (χ0v) is 15.3. The number of amides is 1. The summed E-state index contributed by atoms with van der Waals surface area (Å²) in [6.45, 7) is 11.2. The molecule has 0 aliphatic heterocycles. The Labute approximate surface area is 139 Å². The van der Waals surface area contributed by atoms with Crippen molar-refractivity contribution in [3.05, 3.63) is 0 Å². The number of unbranched alkanes of at least 4 members (excludes halogenated alkanes) is 1. The van der Waals surface area contributed by atoms with Gasteiger partial charge in [-0.3, -0.25) is 0 Å². The molecule has 0 aromatic carbocycles. The predicted octanol–water partition coefficient (Wildman–Crippen LogP) is 3.02. The Morgan fingerprint density at radius 3 is 2.22 bits per heavy atom. The highest BCUT2D eigenvalue weighted by Gasteiger charge is 2.35. The first-order valence-electron chi connectivity index (χ1n) is 8.50. The van der Waals surface area contributed by atoms with Gasteiger partial charge in [0, 0.05) is 0 Å². The van der Waals surface area contributed by atoms with E-state index in [9.17, 15) is 14.7 Å². The number of esters is 1. The Morgan fingerprint density at radius 2 is 1.78 bits per heavy atom. The Kier molecular flexibility index (Phi) is 9.88. The van der Waals surface area contributed by atoms with Crippen molar-refractivity contribution in [3.63, 3.8) is 0 Å². The van der Waals surface area contributed by atoms with Crippen LogP contribution in [0.3, 0.4) is 0 Å². The quantitative estimate of drug-likeness (QED) is 0.634. The third-order valence-electron chi connectivity index (χ3n) is 3.51. The van der Waals surface area contributed by atoms with Gasteiger partial charge in [0.25, 0.3) is 0 Å². The normalized spacial score (nSPS) is 15.4. The lowest BCUT2D eigenvalue weighted by atomic mass is 9.88. The smallest absolute Gasteiger partial charge is 0.407 e. The summed E-state index contributed by atoms with van der Waals surface area (Å²) in [5.74, 6) is -0.745. The van der Waals surface area contributed by atoms with Crippen LogP contribution in [0.5, 0.6) is 0 Å². The predicted molar refractivity (Wildman–Crippen MR) is 89.1 cm³/mol. The molecule has 0 bridgehead atoms. The molecular weight excluding hydrogens is 298 g/mol. The van der Waals surface area contributed by atoms with E-state index in [0.717, 1.165) is 25.7 Å². The Hall–Kier alpha value is -1.30. The summed E-state index contributed by atoms with van der Waals surface area (Å²) in [4.78, 5) is 23.9. The van der Waals surface area contributed by atoms with Crippen LogP contribution in [0.1, 0.15) is 67.2 Å². The van der Waals surface area contributed by atoms with Crippen molar-refractivity contribution in [2.45, 2.75) is 85.0 Å². The van der Waals surface area contributed by atoms with Gasteiger partial charge in [0.1, 0.15) is 5.60 Å². The van der Waals surface area contributed by atoms with Crippen LogP contribution in [0, 0.1) is 5.92 Å². The molecule has 6 nitrogen and oxygen atoms in total. The van der Waals surface area contributed by atoms with Crippen LogP contribution >= 0.6 is 0 Å². The second-order valence-corrected chi connectivity index (χ2v) is 6.68. The molecule has 0 radical (unpaired) electrons. The molecule has 3 atom stereocenters. The minimum Gasteiger partial charge on any atom is -0.464 e. The van der Waals surface area contributed by atoms with Crippen LogP contribution in [0.2, 0.25) is 0 Å². The van der Waals surface area contributed by atoms with Crippen LogP contribution in [-0.4, -0.2) is 41.5 Å². The van der Waals surface area contributed by atoms with Crippen LogP contribution in [0.15, 0.2) is 0 Å². The third-order valence-corrected chi connectivity index (χ3v) is 3.51. The lowest BCUT2D eigenvalue weighted by Crippen LogP contribution is -2.52. The lowest BCUT2D eigenvalue weighted by Gasteiger charge is -2.31. The van der Waals surface area contributed by atoms with E-state index in [-0.39, 0.29) is 12.5 Å². The van der Waals surface area contributed by atoms with Crippen molar-refractivity contribution < 1.29 is 24.2 Å². The number of ether oxygens (including phenoxy) is 2. The second-order valence-electron chi connectivity index (χ2n) is 6.68. The van der Waals surface area contributed by atoms with Gasteiger partial charge in [0.05, 0.1) is 12.6 Å². The highest BCUT2D eigenvalue weighted by Crippen LogP contribution is 2.21. The molecule has 6 heteroatoms. The largest absolute Gasteiger partial charge is 0.464 e. The van der Waals surface area contributed by atoms with Crippen molar-refractivity contribution in [1.82, 2.24) is 5.32 Å². The van der Waals surface area contributed by atoms with Gasteiger partial charge in [-0.15, -0.1) is 0 Å². The molecule has 0 aliphatic carbocycles. The van der Waals surface area contributed by atoms with Crippen LogP contribution in [0.25, 0.3) is 0 Å². The van der Waals surface area contributed by atoms with Gasteiger partial charge in [0.2, 0.25) is 0 Å².